The number of carboxylic acid groups (broad SMARTS) is 2. The van der Waals surface area contributed by atoms with Gasteiger partial charge in [-0.05, 0) is 134 Å². The molecule has 11 nitrogen and oxygen atoms in total. The molecule has 7 rings (SSSR count). The first-order chi connectivity index (χ1) is 28.8. The number of nitrogens with one attached hydrogen (secondary N) is 2. The quantitative estimate of drug-likeness (QED) is 0.0701. The highest BCUT2D eigenvalue weighted by molar-refractivity contribution is 6.30. The van der Waals surface area contributed by atoms with Crippen LogP contribution < -0.4 is 20.1 Å². The van der Waals surface area contributed by atoms with Crippen molar-refractivity contribution in [1.82, 2.24) is 10.3 Å². The number of aromatic nitrogens is 1. The number of carbonyl (C=O) groups excluding carboxylic acids is 1. The van der Waals surface area contributed by atoms with E-state index in [1.807, 2.05) is 54.7 Å². The summed E-state index contributed by atoms with van der Waals surface area (Å²) in [5.74, 6) is -0.333. The molecular weight excluding hydrogens is 782 g/mol. The molecule has 318 valence electrons. The number of benzene rings is 3. The molecule has 12 heteroatoms. The molecule has 0 bridgehead atoms. The van der Waals surface area contributed by atoms with Gasteiger partial charge in [0.1, 0.15) is 29.7 Å². The largest absolute Gasteiger partial charge is 0.493 e. The molecule has 1 spiro atoms. The van der Waals surface area contributed by atoms with Crippen LogP contribution in [-0.4, -0.2) is 69.0 Å². The van der Waals surface area contributed by atoms with Gasteiger partial charge in [-0.25, -0.2) is 9.59 Å². The number of amides is 1. The summed E-state index contributed by atoms with van der Waals surface area (Å²) in [5.41, 5.74) is 4.64. The normalized spacial score (nSPS) is 23.4. The summed E-state index contributed by atoms with van der Waals surface area (Å²) in [4.78, 5) is 42.4. The number of hydrogen-bond donors (Lipinski definition) is 5. The second-order valence-electron chi connectivity index (χ2n) is 17.3. The fourth-order valence-electron chi connectivity index (χ4n) is 9.93. The monoisotopic (exact) mass is 837 g/mol. The summed E-state index contributed by atoms with van der Waals surface area (Å²) >= 11 is 6.29. The van der Waals surface area contributed by atoms with Gasteiger partial charge in [0.25, 0.3) is 0 Å². The molecule has 4 aromatic rings. The zero-order valence-electron chi connectivity index (χ0n) is 34.4. The molecular formula is C48H56ClN3O8. The summed E-state index contributed by atoms with van der Waals surface area (Å²) in [7, 11) is 0. The van der Waals surface area contributed by atoms with Crippen molar-refractivity contribution in [3.8, 4) is 11.5 Å². The van der Waals surface area contributed by atoms with Crippen LogP contribution in [0.2, 0.25) is 5.02 Å². The highest BCUT2D eigenvalue weighted by Crippen LogP contribution is 2.57. The molecule has 5 N–H and O–H groups in total. The van der Waals surface area contributed by atoms with Crippen LogP contribution in [0.1, 0.15) is 99.1 Å². The van der Waals surface area contributed by atoms with Crippen LogP contribution in [0.25, 0.3) is 0 Å². The Morgan fingerprint density at radius 2 is 1.73 bits per heavy atom. The second-order valence-corrected chi connectivity index (χ2v) is 17.8. The third-order valence-electron chi connectivity index (χ3n) is 13.0. The Morgan fingerprint density at radius 3 is 2.47 bits per heavy atom. The number of rotatable bonds is 17. The first-order valence-corrected chi connectivity index (χ1v) is 21.6. The Kier molecular flexibility index (Phi) is 13.4. The van der Waals surface area contributed by atoms with Crippen molar-refractivity contribution in [3.63, 3.8) is 0 Å². The number of fused-ring (bicyclic) bond motifs is 3. The highest BCUT2D eigenvalue weighted by Gasteiger charge is 2.54. The number of pyridine rings is 1. The first kappa shape index (κ1) is 43.0. The summed E-state index contributed by atoms with van der Waals surface area (Å²) in [6, 6.07) is 23.1. The van der Waals surface area contributed by atoms with Gasteiger partial charge in [-0.15, -0.1) is 0 Å². The molecule has 0 radical (unpaired) electrons. The average molecular weight is 838 g/mol. The van der Waals surface area contributed by atoms with Gasteiger partial charge in [0.05, 0.1) is 19.1 Å². The Balaban J connectivity index is 1.06. The number of aliphatic hydroxyl groups excluding tert-OH is 1. The van der Waals surface area contributed by atoms with E-state index in [0.717, 1.165) is 54.7 Å². The molecule has 0 saturated heterocycles. The van der Waals surface area contributed by atoms with E-state index in [0.29, 0.717) is 54.7 Å². The number of halogens is 1. The molecule has 3 aliphatic rings. The highest BCUT2D eigenvalue weighted by atomic mass is 35.5. The van der Waals surface area contributed by atoms with Crippen molar-refractivity contribution < 1.29 is 39.2 Å². The molecule has 5 atom stereocenters. The van der Waals surface area contributed by atoms with Gasteiger partial charge in [-0.1, -0.05) is 67.9 Å². The molecule has 3 aliphatic carbocycles. The third kappa shape index (κ3) is 9.74. The number of aliphatic hydroxyl groups is 1. The zero-order chi connectivity index (χ0) is 42.4. The van der Waals surface area contributed by atoms with E-state index in [-0.39, 0.29) is 36.7 Å². The smallest absolute Gasteiger partial charge is 0.329 e. The molecule has 2 unspecified atom stereocenters. The second kappa shape index (κ2) is 18.6. The summed E-state index contributed by atoms with van der Waals surface area (Å²) < 4.78 is 12.7. The lowest BCUT2D eigenvalue weighted by Gasteiger charge is -2.47. The van der Waals surface area contributed by atoms with Crippen LogP contribution in [-0.2, 0) is 39.1 Å². The minimum Gasteiger partial charge on any atom is -0.493 e. The summed E-state index contributed by atoms with van der Waals surface area (Å²) in [6.45, 7) is 4.86. The van der Waals surface area contributed by atoms with Gasteiger partial charge in [-0.2, -0.15) is 0 Å². The van der Waals surface area contributed by atoms with Crippen LogP contribution in [0.4, 0.5) is 5.69 Å². The lowest BCUT2D eigenvalue weighted by atomic mass is 9.59. The Bertz CT molecular complexity index is 2160. The Hall–Kier alpha value is -5.13. The maximum absolute atomic E-state index is 13.1. The first-order valence-electron chi connectivity index (χ1n) is 21.2. The van der Waals surface area contributed by atoms with Crippen molar-refractivity contribution in [1.29, 1.82) is 0 Å². The number of carbonyl (C=O) groups is 3. The summed E-state index contributed by atoms with van der Waals surface area (Å²) in [6.07, 6.45) is 7.48. The SMILES string of the molecule is C[C@@H](COc1ccnc2c1[C@H](C)CCC2)CC1Cc2ccc(OCC(O)CC(=O)N[C@H](Cc3ccccc3)C(=O)O)cc2C12CCC(Nc1cccc(Cl)c1)(C(=O)O)CC2. The number of carboxylic acids is 2. The number of ether oxygens (including phenoxy) is 2. The molecule has 1 heterocycles. The van der Waals surface area contributed by atoms with Gasteiger partial charge in [0.2, 0.25) is 5.91 Å². The number of anilines is 1. The van der Waals surface area contributed by atoms with Crippen molar-refractivity contribution in [2.45, 2.75) is 113 Å². The van der Waals surface area contributed by atoms with E-state index in [1.165, 1.54) is 11.1 Å². The predicted octanol–water partition coefficient (Wildman–Crippen LogP) is 8.14. The van der Waals surface area contributed by atoms with Crippen LogP contribution in [0.5, 0.6) is 11.5 Å². The van der Waals surface area contributed by atoms with Crippen molar-refractivity contribution >= 4 is 35.1 Å². The van der Waals surface area contributed by atoms with Crippen molar-refractivity contribution in [3.05, 3.63) is 118 Å². The molecule has 1 saturated carbocycles. The number of aryl methyl sites for hydroxylation is 1. The van der Waals surface area contributed by atoms with Crippen molar-refractivity contribution in [2.24, 2.45) is 11.8 Å². The molecule has 1 aromatic heterocycles. The topological polar surface area (TPSA) is 167 Å². The minimum atomic E-state index is -1.18. The van der Waals surface area contributed by atoms with Crippen LogP contribution >= 0.6 is 11.6 Å². The maximum Gasteiger partial charge on any atom is 0.329 e. The minimum absolute atomic E-state index is 0.119. The lowest BCUT2D eigenvalue weighted by molar-refractivity contribution is -0.144. The molecule has 3 aromatic carbocycles. The van der Waals surface area contributed by atoms with E-state index in [1.54, 1.807) is 24.3 Å². The van der Waals surface area contributed by atoms with Gasteiger partial charge in [0.15, 0.2) is 0 Å². The van der Waals surface area contributed by atoms with Gasteiger partial charge >= 0.3 is 11.9 Å². The predicted molar refractivity (Wildman–Crippen MR) is 230 cm³/mol. The van der Waals surface area contributed by atoms with E-state index >= 15 is 0 Å². The molecule has 1 fully saturated rings. The fraction of sp³-hybridized carbons (Fsp3) is 0.458. The van der Waals surface area contributed by atoms with Crippen LogP contribution in [0.15, 0.2) is 85.1 Å². The Labute approximate surface area is 356 Å². The summed E-state index contributed by atoms with van der Waals surface area (Å²) in [5, 5.41) is 37.7. The zero-order valence-corrected chi connectivity index (χ0v) is 35.1. The van der Waals surface area contributed by atoms with E-state index in [4.69, 9.17) is 21.1 Å². The molecule has 60 heavy (non-hydrogen) atoms. The Morgan fingerprint density at radius 1 is 0.950 bits per heavy atom. The van der Waals surface area contributed by atoms with Crippen LogP contribution in [0.3, 0.4) is 0 Å². The van der Waals surface area contributed by atoms with Gasteiger partial charge in [-0.3, -0.25) is 9.78 Å². The van der Waals surface area contributed by atoms with Gasteiger partial charge < -0.3 is 35.4 Å². The van der Waals surface area contributed by atoms with Crippen LogP contribution in [0, 0.1) is 11.8 Å². The van der Waals surface area contributed by atoms with E-state index in [2.05, 4.69) is 35.5 Å². The maximum atomic E-state index is 13.1. The number of nitrogens with zero attached hydrogens (tertiary/aromatic N) is 1. The standard InChI is InChI=1S/C48H56ClN3O8/c1-30(28-60-42-16-21-50-40-13-6-8-31(2)44(40)42)22-34-24-33-14-15-38(59-29-37(53)26-43(54)51-41(45(55)56)23-32-9-4-3-5-10-32)27-39(33)47(34)17-19-48(20-18-47,46(57)58)52-36-12-7-11-35(49)25-36/h3-5,7,9-12,14-16,21,25,27,30-31,34,37,41,52-53H,6,8,13,17-20,22-24,26,28-29H2,1-2H3,(H,51,54)(H,55,56)(H,57,58)/t30-,31-,34?,37?,41-,47?,48?/m1/s1. The van der Waals surface area contributed by atoms with E-state index in [9.17, 15) is 29.7 Å². The molecule has 1 amide bonds. The molecule has 0 aliphatic heterocycles. The van der Waals surface area contributed by atoms with Crippen molar-refractivity contribution in [2.75, 3.05) is 18.5 Å². The average Bonchev–Trinajstić information content (AvgIpc) is 3.51. The van der Waals surface area contributed by atoms with Gasteiger partial charge in [0, 0.05) is 34.6 Å². The fourth-order valence-corrected chi connectivity index (χ4v) is 10.1. The number of aliphatic carboxylic acids is 2. The third-order valence-corrected chi connectivity index (χ3v) is 13.3. The lowest BCUT2D eigenvalue weighted by Crippen LogP contribution is -2.53. The van der Waals surface area contributed by atoms with E-state index < -0.39 is 35.5 Å². The number of hydrogen-bond acceptors (Lipinski definition) is 8.